The van der Waals surface area contributed by atoms with Crippen molar-refractivity contribution in [3.05, 3.63) is 0 Å². The van der Waals surface area contributed by atoms with Gasteiger partial charge in [-0.2, -0.15) is 0 Å². The monoisotopic (exact) mass is 630 g/mol. The van der Waals surface area contributed by atoms with E-state index in [0.717, 1.165) is 0 Å². The van der Waals surface area contributed by atoms with Gasteiger partial charge in [0, 0.05) is 0 Å². The number of rotatable bonds is 22. The molecule has 0 bridgehead atoms. The highest BCUT2D eigenvalue weighted by Gasteiger charge is 2.34. The zero-order valence-corrected chi connectivity index (χ0v) is 27.0. The lowest BCUT2D eigenvalue weighted by Crippen LogP contribution is -2.70. The zero-order valence-electron chi connectivity index (χ0n) is 27.0. The molecule has 254 valence electrons. The fourth-order valence-electron chi connectivity index (χ4n) is 4.35. The van der Waals surface area contributed by atoms with Crippen molar-refractivity contribution in [1.82, 2.24) is 26.6 Å². The van der Waals surface area contributed by atoms with E-state index in [2.05, 4.69) is 32.3 Å². The molecule has 15 N–H and O–H groups in total. The van der Waals surface area contributed by atoms with Crippen LogP contribution in [0.2, 0.25) is 0 Å². The van der Waals surface area contributed by atoms with Crippen molar-refractivity contribution in [3.63, 3.8) is 0 Å². The van der Waals surface area contributed by atoms with Gasteiger partial charge in [-0.05, 0) is 50.0 Å². The van der Waals surface area contributed by atoms with E-state index in [-0.39, 0.29) is 43.4 Å². The van der Waals surface area contributed by atoms with Crippen LogP contribution in [0.4, 0.5) is 0 Å². The summed E-state index contributed by atoms with van der Waals surface area (Å²) in [7, 11) is 0. The van der Waals surface area contributed by atoms with E-state index in [1.807, 2.05) is 34.6 Å². The summed E-state index contributed by atoms with van der Waals surface area (Å²) in [5.41, 5.74) is 19.8. The Morgan fingerprint density at radius 1 is 0.750 bits per heavy atom. The van der Waals surface area contributed by atoms with Gasteiger partial charge >= 0.3 is 5.97 Å². The lowest BCUT2D eigenvalue weighted by molar-refractivity contribution is -0.402. The minimum atomic E-state index is -1.18. The van der Waals surface area contributed by atoms with E-state index in [1.54, 1.807) is 6.92 Å². The van der Waals surface area contributed by atoms with E-state index in [1.165, 1.54) is 0 Å². The Hall–Kier alpha value is -3.34. The molecule has 16 heteroatoms. The van der Waals surface area contributed by atoms with Crippen LogP contribution < -0.4 is 49.5 Å². The predicted molar refractivity (Wildman–Crippen MR) is 164 cm³/mol. The van der Waals surface area contributed by atoms with Gasteiger partial charge in [0.1, 0.15) is 30.5 Å². The first-order valence-corrected chi connectivity index (χ1v) is 15.2. The molecule has 0 spiro atoms. The van der Waals surface area contributed by atoms with Gasteiger partial charge < -0.3 is 49.3 Å². The number of aliphatic carboxylic acids is 1. The first kappa shape index (κ1) is 40.7. The lowest BCUT2D eigenvalue weighted by atomic mass is 9.95. The topological polar surface area (TPSA) is 288 Å². The number of nitrogens with one attached hydrogen (secondary N) is 5. The van der Waals surface area contributed by atoms with E-state index in [0.29, 0.717) is 19.4 Å². The number of carboxylic acid groups (broad SMARTS) is 1. The maximum atomic E-state index is 13.5. The molecular formula is C28H56N9O7+. The fraction of sp³-hybridized carbons (Fsp3) is 0.786. The summed E-state index contributed by atoms with van der Waals surface area (Å²) < 4.78 is 0. The summed E-state index contributed by atoms with van der Waals surface area (Å²) in [6.07, 6.45) is 0.348. The van der Waals surface area contributed by atoms with Crippen molar-refractivity contribution in [3.8, 4) is 0 Å². The smallest absolute Gasteiger partial charge is 0.326 e. The maximum Gasteiger partial charge on any atom is 0.326 e. The lowest BCUT2D eigenvalue weighted by Gasteiger charge is -2.29. The summed E-state index contributed by atoms with van der Waals surface area (Å²) >= 11 is 0. The quantitative estimate of drug-likeness (QED) is 0.0433. The van der Waals surface area contributed by atoms with Crippen LogP contribution in [0.1, 0.15) is 80.1 Å². The van der Waals surface area contributed by atoms with Crippen molar-refractivity contribution >= 4 is 35.5 Å². The Bertz CT molecular complexity index is 962. The number of nitrogens with two attached hydrogens (primary N) is 3. The van der Waals surface area contributed by atoms with E-state index in [9.17, 15) is 33.9 Å². The maximum absolute atomic E-state index is 13.5. The molecule has 0 aliphatic heterocycles. The second-order valence-electron chi connectivity index (χ2n) is 12.1. The Labute approximate surface area is 259 Å². The number of hydrogen-bond donors (Lipinski definition) is 10. The van der Waals surface area contributed by atoms with Gasteiger partial charge in [-0.15, -0.1) is 0 Å². The van der Waals surface area contributed by atoms with Gasteiger partial charge in [0.15, 0.2) is 6.04 Å². The van der Waals surface area contributed by atoms with Crippen molar-refractivity contribution in [2.75, 3.05) is 6.54 Å². The average molecular weight is 631 g/mol. The molecule has 0 saturated carbocycles. The van der Waals surface area contributed by atoms with Crippen LogP contribution in [-0.2, 0) is 28.8 Å². The van der Waals surface area contributed by atoms with Crippen LogP contribution in [0.25, 0.3) is 0 Å². The molecule has 0 aromatic heterocycles. The largest absolute Gasteiger partial charge is 0.480 e. The van der Waals surface area contributed by atoms with Gasteiger partial charge in [0.05, 0.1) is 6.42 Å². The number of hydrogen-bond acceptors (Lipinski definition) is 9. The van der Waals surface area contributed by atoms with Crippen LogP contribution in [-0.4, -0.2) is 83.7 Å². The summed E-state index contributed by atoms with van der Waals surface area (Å²) in [4.78, 5) is 75.9. The van der Waals surface area contributed by atoms with Gasteiger partial charge in [-0.25, -0.2) is 4.79 Å². The first-order chi connectivity index (χ1) is 20.4. The molecule has 16 nitrogen and oxygen atoms in total. The van der Waals surface area contributed by atoms with Crippen molar-refractivity contribution in [2.24, 2.45) is 35.0 Å². The molecule has 0 heterocycles. The Kier molecular flexibility index (Phi) is 19.0. The fourth-order valence-corrected chi connectivity index (χ4v) is 4.35. The molecule has 0 aliphatic carbocycles. The van der Waals surface area contributed by atoms with Crippen LogP contribution in [0.5, 0.6) is 0 Å². The molecule has 0 saturated heterocycles. The van der Waals surface area contributed by atoms with E-state index in [4.69, 9.17) is 17.2 Å². The van der Waals surface area contributed by atoms with Crippen molar-refractivity contribution in [2.45, 2.75) is 117 Å². The van der Waals surface area contributed by atoms with Crippen LogP contribution in [0, 0.1) is 17.8 Å². The molecule has 0 aromatic carbocycles. The molecule has 0 rings (SSSR count). The molecule has 6 atom stereocenters. The Balaban J connectivity index is 5.97. The van der Waals surface area contributed by atoms with E-state index < -0.39 is 72.0 Å². The van der Waals surface area contributed by atoms with Crippen LogP contribution >= 0.6 is 0 Å². The number of carbonyl (C=O) groups is 6. The molecule has 0 fully saturated rings. The SMILES string of the molecule is CC[C@H](C)[C@H](NC(=O)[C@H](CC(C)C)NC(=O)[C@H](CCCNC(N)N)NC(=O)[C@@H]([NH3+])CC(N)=O)C(=O)N[C@@H](CC(C)C)C(=O)O. The molecule has 44 heavy (non-hydrogen) atoms. The minimum absolute atomic E-state index is 0.00416. The molecule has 0 unspecified atom stereocenters. The zero-order chi connectivity index (χ0) is 34.1. The number of quaternary nitrogens is 1. The second kappa shape index (κ2) is 20.6. The normalized spacial score (nSPS) is 15.5. The number of carboxylic acids is 1. The summed E-state index contributed by atoms with van der Waals surface area (Å²) in [5, 5.41) is 22.9. The highest BCUT2D eigenvalue weighted by Crippen LogP contribution is 2.13. The molecule has 5 amide bonds. The van der Waals surface area contributed by atoms with Crippen molar-refractivity contribution < 1.29 is 39.6 Å². The predicted octanol–water partition coefficient (Wildman–Crippen LogP) is -2.79. The van der Waals surface area contributed by atoms with E-state index >= 15 is 0 Å². The van der Waals surface area contributed by atoms with Crippen LogP contribution in [0.15, 0.2) is 0 Å². The number of carbonyl (C=O) groups excluding carboxylic acids is 5. The van der Waals surface area contributed by atoms with Gasteiger partial charge in [-0.3, -0.25) is 29.3 Å². The van der Waals surface area contributed by atoms with Crippen molar-refractivity contribution in [1.29, 1.82) is 0 Å². The third-order valence-electron chi connectivity index (χ3n) is 6.96. The summed E-state index contributed by atoms with van der Waals surface area (Å²) in [6, 6.07) is -5.40. The van der Waals surface area contributed by atoms with Crippen LogP contribution in [0.3, 0.4) is 0 Å². The average Bonchev–Trinajstić information content (AvgIpc) is 2.90. The van der Waals surface area contributed by atoms with Gasteiger partial charge in [0.25, 0.3) is 5.91 Å². The third-order valence-corrected chi connectivity index (χ3v) is 6.96. The molecule has 0 aromatic rings. The minimum Gasteiger partial charge on any atom is -0.480 e. The number of primary amides is 1. The first-order valence-electron chi connectivity index (χ1n) is 15.2. The highest BCUT2D eigenvalue weighted by atomic mass is 16.4. The summed E-state index contributed by atoms with van der Waals surface area (Å²) in [6.45, 7) is 11.3. The Morgan fingerprint density at radius 2 is 1.25 bits per heavy atom. The van der Waals surface area contributed by atoms with Gasteiger partial charge in [0.2, 0.25) is 23.6 Å². The molecular weight excluding hydrogens is 574 g/mol. The summed E-state index contributed by atoms with van der Waals surface area (Å²) in [5.74, 6) is -4.89. The van der Waals surface area contributed by atoms with Gasteiger partial charge in [-0.1, -0.05) is 48.0 Å². The third kappa shape index (κ3) is 16.5. The highest BCUT2D eigenvalue weighted by molar-refractivity contribution is 5.95. The standard InChI is InChI=1S/C28H55N9O7/c1-7-16(6)22(26(42)36-20(27(43)44)12-15(4)5)37-25(41)19(11-14(2)3)35-24(40)18(9-8-10-33-28(31)32)34-23(39)17(29)13-21(30)38/h14-20,22,28,33H,7-13,29,31-32H2,1-6H3,(H2,30,38)(H,34,39)(H,35,40)(H,36,42)(H,37,41)(H,43,44)/p+1/t16-,17-,18-,19-,20-,22-/m0/s1. The molecule has 0 aliphatic rings. The number of amides is 5. The second-order valence-corrected chi connectivity index (χ2v) is 12.1. The molecule has 0 radical (unpaired) electrons. The Morgan fingerprint density at radius 3 is 1.73 bits per heavy atom.